The number of benzene rings is 6. The van der Waals surface area contributed by atoms with E-state index >= 15 is 0 Å². The average molecular weight is 1770 g/mol. The molecule has 6 aromatic carbocycles. The molecule has 0 radical (unpaired) electrons. The number of nitrogens with zero attached hydrogens (tertiary/aromatic N) is 11. The Kier molecular flexibility index (Phi) is 20.6. The van der Waals surface area contributed by atoms with Gasteiger partial charge in [-0.15, -0.1) is 11.3 Å². The number of ether oxygens (including phenoxy) is 4. The number of imide groups is 4. The van der Waals surface area contributed by atoms with Gasteiger partial charge in [0.1, 0.15) is 51.5 Å². The number of rotatable bonds is 20. The first-order valence-electron chi connectivity index (χ1n) is 40.0. The summed E-state index contributed by atoms with van der Waals surface area (Å²) in [5.74, 6) is -0.378. The van der Waals surface area contributed by atoms with Crippen molar-refractivity contribution in [3.05, 3.63) is 261 Å². The molecule has 8 N–H and O–H groups in total. The Bertz CT molecular complexity index is 6870. The van der Waals surface area contributed by atoms with Crippen LogP contribution in [0.3, 0.4) is 0 Å². The number of furan rings is 1. The van der Waals surface area contributed by atoms with E-state index in [4.69, 9.17) is 41.5 Å². The van der Waals surface area contributed by atoms with E-state index in [0.717, 1.165) is 49.1 Å². The lowest BCUT2D eigenvalue weighted by molar-refractivity contribution is -0.126. The minimum atomic E-state index is -1.66. The number of amides is 16. The molecule has 14 aromatic rings. The summed E-state index contributed by atoms with van der Waals surface area (Å²) < 4.78 is 50.2. The van der Waals surface area contributed by atoms with Crippen LogP contribution in [0, 0.1) is 0 Å². The molecule has 8 aliphatic heterocycles. The zero-order valence-electron chi connectivity index (χ0n) is 69.0. The third-order valence-corrected chi connectivity index (χ3v) is 24.3. The second-order valence-electron chi connectivity index (χ2n) is 31.2. The van der Waals surface area contributed by atoms with Crippen LogP contribution in [0.5, 0.6) is 23.0 Å². The highest BCUT2D eigenvalue weighted by molar-refractivity contribution is 7.13. The molecular weight excluding hydrogens is 1700 g/mol. The fourth-order valence-electron chi connectivity index (χ4n) is 16.8. The molecule has 4 atom stereocenters. The number of methoxy groups -OCH3 is 4. The molecule has 4 fully saturated rings. The van der Waals surface area contributed by atoms with Crippen LogP contribution in [0.25, 0.3) is 66.6 Å². The van der Waals surface area contributed by atoms with E-state index in [-0.39, 0.29) is 92.5 Å². The SMILES string of the molecule is COc1ccc2c(c1)C(=O)N(C[C@@]1(c3cc(-c4ccco4)no3)NC(=O)NC1=O)C2.COc1ccc2c(c1)C(=O)N(C[C@@]1(c3cc(-c4cccs4)no3)NC(=O)NC1=O)C2.COc1ccc2c(c1)C(=O)N(C[C@@]1(c3cc(-c4cn(C)c5ccccc45)no3)NC(=O)NC1=O)C2.COc1ccc2c(c1)C(=O)N(C[C@@]1(c3cc(-c4cnc5ccccc5n4)no3)NC(=O)NC1=O)C2. The van der Waals surface area contributed by atoms with Crippen LogP contribution in [-0.2, 0) is 74.6 Å². The molecule has 0 bridgehead atoms. The summed E-state index contributed by atoms with van der Waals surface area (Å²) in [4.78, 5) is 168. The molecule has 130 heavy (non-hydrogen) atoms. The smallest absolute Gasteiger partial charge is 0.322 e. The van der Waals surface area contributed by atoms with E-state index in [1.807, 2.05) is 96.0 Å². The first-order valence-corrected chi connectivity index (χ1v) is 40.9. The normalized spacial score (nSPS) is 19.7. The molecule has 0 unspecified atom stereocenters. The number of para-hydroxylation sites is 3. The van der Waals surface area contributed by atoms with Gasteiger partial charge in [-0.3, -0.25) is 64.6 Å². The van der Waals surface area contributed by atoms with Crippen molar-refractivity contribution in [3.63, 3.8) is 0 Å². The maximum absolute atomic E-state index is 13.2. The van der Waals surface area contributed by atoms with Crippen LogP contribution < -0.4 is 61.5 Å². The van der Waals surface area contributed by atoms with Gasteiger partial charge in [-0.1, -0.05) is 81.3 Å². The Morgan fingerprint density at radius 3 is 1.15 bits per heavy atom. The molecular formula is C89H71N19O21S. The van der Waals surface area contributed by atoms with Gasteiger partial charge in [0, 0.05) is 102 Å². The molecule has 8 aliphatic rings. The number of thiophene rings is 1. The number of carbonyl (C=O) groups is 12. The van der Waals surface area contributed by atoms with Crippen molar-refractivity contribution in [2.75, 3.05) is 54.6 Å². The summed E-state index contributed by atoms with van der Waals surface area (Å²) in [7, 11) is 8.04. The predicted octanol–water partition coefficient (Wildman–Crippen LogP) is 8.25. The highest BCUT2D eigenvalue weighted by Crippen LogP contribution is 2.42. The summed E-state index contributed by atoms with van der Waals surface area (Å²) in [6.45, 7) is 0.625. The van der Waals surface area contributed by atoms with Gasteiger partial charge >= 0.3 is 24.1 Å². The minimum absolute atomic E-state index is 0.0761. The monoisotopic (exact) mass is 1770 g/mol. The Morgan fingerprint density at radius 2 is 0.762 bits per heavy atom. The summed E-state index contributed by atoms with van der Waals surface area (Å²) >= 11 is 1.47. The van der Waals surface area contributed by atoms with Crippen molar-refractivity contribution in [2.45, 2.75) is 48.3 Å². The van der Waals surface area contributed by atoms with Gasteiger partial charge in [0.25, 0.3) is 47.3 Å². The van der Waals surface area contributed by atoms with Crippen LogP contribution in [-0.4, -0.2) is 181 Å². The van der Waals surface area contributed by atoms with Gasteiger partial charge in [-0.25, -0.2) is 24.2 Å². The molecule has 8 aromatic heterocycles. The zero-order chi connectivity index (χ0) is 90.2. The second kappa shape index (κ2) is 32.4. The van der Waals surface area contributed by atoms with Crippen molar-refractivity contribution in [3.8, 4) is 67.7 Å². The van der Waals surface area contributed by atoms with E-state index in [1.165, 1.54) is 77.8 Å². The fourth-order valence-corrected chi connectivity index (χ4v) is 17.5. The molecule has 41 heteroatoms. The Morgan fingerprint density at radius 1 is 0.385 bits per heavy atom. The van der Waals surface area contributed by atoms with Crippen LogP contribution in [0.2, 0.25) is 0 Å². The van der Waals surface area contributed by atoms with Gasteiger partial charge < -0.3 is 86.9 Å². The van der Waals surface area contributed by atoms with Crippen LogP contribution in [0.15, 0.2) is 216 Å². The number of nitrogens with one attached hydrogen (secondary N) is 8. The van der Waals surface area contributed by atoms with Gasteiger partial charge in [0.2, 0.25) is 0 Å². The van der Waals surface area contributed by atoms with E-state index in [9.17, 15) is 57.5 Å². The number of hydrogen-bond acceptors (Lipinski definition) is 28. The molecule has 40 nitrogen and oxygen atoms in total. The van der Waals surface area contributed by atoms with E-state index in [2.05, 4.69) is 73.1 Å². The van der Waals surface area contributed by atoms with Crippen molar-refractivity contribution in [2.24, 2.45) is 7.05 Å². The molecule has 0 spiro atoms. The third kappa shape index (κ3) is 14.5. The predicted molar refractivity (Wildman–Crippen MR) is 452 cm³/mol. The summed E-state index contributed by atoms with van der Waals surface area (Å²) in [6, 6.07) is 47.0. The lowest BCUT2D eigenvalue weighted by Crippen LogP contribution is -2.52. The summed E-state index contributed by atoms with van der Waals surface area (Å²) in [6.07, 6.45) is 4.97. The quantitative estimate of drug-likeness (QED) is 0.0333. The first kappa shape index (κ1) is 82.5. The number of carbonyl (C=O) groups excluding carboxylic acids is 12. The average Bonchev–Trinajstić information content (AvgIpc) is 1.60. The van der Waals surface area contributed by atoms with E-state index in [1.54, 1.807) is 91.1 Å². The fraction of sp³-hybridized carbons (Fsp3) is 0.191. The molecule has 0 saturated carbocycles. The number of fused-ring (bicyclic) bond motifs is 6. The maximum Gasteiger partial charge on any atom is 0.322 e. The van der Waals surface area contributed by atoms with E-state index < -0.39 is 69.9 Å². The Labute approximate surface area is 736 Å². The Hall–Kier alpha value is -17.1. The van der Waals surface area contributed by atoms with Crippen LogP contribution >= 0.6 is 11.3 Å². The molecule has 654 valence electrons. The van der Waals surface area contributed by atoms with Crippen LogP contribution in [0.4, 0.5) is 19.2 Å². The summed E-state index contributed by atoms with van der Waals surface area (Å²) in [5.41, 5.74) is 4.19. The molecule has 4 saturated heterocycles. The zero-order valence-corrected chi connectivity index (χ0v) is 69.8. The Balaban J connectivity index is 0.000000113. The van der Waals surface area contributed by atoms with Gasteiger partial charge in [-0.05, 0) is 113 Å². The van der Waals surface area contributed by atoms with Crippen LogP contribution in [0.1, 0.15) is 86.7 Å². The number of urea groups is 4. The van der Waals surface area contributed by atoms with Gasteiger partial charge in [0.05, 0.1) is 83.0 Å². The van der Waals surface area contributed by atoms with Crippen molar-refractivity contribution >= 4 is 105 Å². The lowest BCUT2D eigenvalue weighted by atomic mass is 9.94. The standard InChI is InChI=1S/C25H21N5O5.C24H18N6O5.C20H16N4O6.C20H16N4O5S/c1-29-12-18(16-5-3-4-6-20(16)29)19-10-21(35-28-19)25(23(32)26-24(33)27-25)13-30-11-14-7-8-15(34-2)9-17(14)22(30)31;1-34-14-7-6-13-11-30(21(31)15(13)8-14)12-24(22(32)27-23(33)28-24)20-9-18(29-35-20)19-10-25-16-4-2-3-5-17(16)26-19;1-28-12-5-4-11-9-24(17(25)13(11)7-12)10-20(18(26)21-19(27)22-20)16-8-14(23-30-16)15-3-2-6-29-15;1-28-12-5-4-11-9-24(17(25)13(11)7-12)10-20(18(26)21-19(27)22-20)16-8-14(23-29-16)15-3-2-6-30-15/h3-10,12H,11,13H2,1-2H3,(H2,26,27,32,33);2-10H,11-12H2,1H3,(H2,27,28,32,33);2*2-8H,9-10H2,1H3,(H2,21,22,26,27)/t25-;24-;2*20-/m0000/s1. The largest absolute Gasteiger partial charge is 0.497 e. The van der Waals surface area contributed by atoms with Gasteiger partial charge in [0.15, 0.2) is 51.0 Å². The molecule has 22 rings (SSSR count). The van der Waals surface area contributed by atoms with E-state index in [0.29, 0.717) is 91.5 Å². The summed E-state index contributed by atoms with van der Waals surface area (Å²) in [5, 5.41) is 38.7. The van der Waals surface area contributed by atoms with Crippen molar-refractivity contribution in [1.82, 2.24) is 97.3 Å². The first-order chi connectivity index (χ1) is 62.8. The van der Waals surface area contributed by atoms with Gasteiger partial charge in [-0.2, -0.15) is 0 Å². The highest BCUT2D eigenvalue weighted by Gasteiger charge is 2.58. The topological polar surface area (TPSA) is 499 Å². The molecule has 16 amide bonds. The second-order valence-corrected chi connectivity index (χ2v) is 32.1. The molecule has 16 heterocycles. The number of hydrogen-bond donors (Lipinski definition) is 8. The number of aromatic nitrogens is 7. The van der Waals surface area contributed by atoms with Crippen molar-refractivity contribution in [1.29, 1.82) is 0 Å². The van der Waals surface area contributed by atoms with Crippen molar-refractivity contribution < 1.29 is 99.0 Å². The highest BCUT2D eigenvalue weighted by atomic mass is 32.1. The minimum Gasteiger partial charge on any atom is -0.497 e. The third-order valence-electron chi connectivity index (χ3n) is 23.4. The number of aryl methyl sites for hydroxylation is 1. The maximum atomic E-state index is 13.2. The molecule has 0 aliphatic carbocycles. The lowest BCUT2D eigenvalue weighted by Gasteiger charge is -2.28.